The van der Waals surface area contributed by atoms with Crippen molar-refractivity contribution in [1.82, 2.24) is 0 Å². The SMILES string of the molecule is CC(C)(C)c1cc(CN)c2c(c1O)C(=O)C1=C(O)[C@]3(O)C(=O)C(C(N)=O)=C(O)C[C@@H]3C[C@@H]1C2. The van der Waals surface area contributed by atoms with Crippen LogP contribution in [0.1, 0.15) is 60.7 Å². The summed E-state index contributed by atoms with van der Waals surface area (Å²) in [6, 6.07) is 1.78. The number of phenols is 1. The smallest absolute Gasteiger partial charge is 0.255 e. The van der Waals surface area contributed by atoms with Crippen molar-refractivity contribution in [2.75, 3.05) is 0 Å². The van der Waals surface area contributed by atoms with Crippen LogP contribution in [0.5, 0.6) is 5.75 Å². The van der Waals surface area contributed by atoms with Crippen molar-refractivity contribution < 1.29 is 34.8 Å². The highest BCUT2D eigenvalue weighted by molar-refractivity contribution is 6.24. The van der Waals surface area contributed by atoms with Crippen molar-refractivity contribution in [1.29, 1.82) is 0 Å². The van der Waals surface area contributed by atoms with Gasteiger partial charge in [0.05, 0.1) is 5.56 Å². The second kappa shape index (κ2) is 7.16. The van der Waals surface area contributed by atoms with Crippen LogP contribution in [0.25, 0.3) is 0 Å². The van der Waals surface area contributed by atoms with Gasteiger partial charge in [-0.25, -0.2) is 0 Å². The highest BCUT2D eigenvalue weighted by Crippen LogP contribution is 2.52. The number of phenolic OH excluding ortho intramolecular Hbond substituents is 1. The molecule has 3 aliphatic rings. The molecule has 0 saturated carbocycles. The van der Waals surface area contributed by atoms with Crippen LogP contribution in [-0.2, 0) is 28.0 Å². The molecule has 9 nitrogen and oxygen atoms in total. The summed E-state index contributed by atoms with van der Waals surface area (Å²) in [6.45, 7) is 5.76. The molecule has 0 aromatic heterocycles. The number of ketones is 2. The first-order valence-electron chi connectivity index (χ1n) is 10.8. The monoisotopic (exact) mass is 456 g/mol. The number of primary amides is 1. The summed E-state index contributed by atoms with van der Waals surface area (Å²) in [5, 5.41) is 43.6. The molecule has 9 heteroatoms. The number of carbonyl (C=O) groups is 3. The molecule has 0 radical (unpaired) electrons. The average molecular weight is 456 g/mol. The van der Waals surface area contributed by atoms with Gasteiger partial charge in [0.2, 0.25) is 5.78 Å². The maximum absolute atomic E-state index is 13.6. The summed E-state index contributed by atoms with van der Waals surface area (Å²) < 4.78 is 0. The van der Waals surface area contributed by atoms with Gasteiger partial charge in [0, 0.05) is 30.0 Å². The van der Waals surface area contributed by atoms with E-state index in [-0.39, 0.29) is 42.7 Å². The van der Waals surface area contributed by atoms with E-state index in [9.17, 15) is 34.8 Å². The molecule has 3 aliphatic carbocycles. The van der Waals surface area contributed by atoms with Crippen molar-refractivity contribution in [3.63, 3.8) is 0 Å². The minimum absolute atomic E-state index is 0.000465. The van der Waals surface area contributed by atoms with Crippen molar-refractivity contribution in [3.05, 3.63) is 51.0 Å². The molecule has 0 fully saturated rings. The summed E-state index contributed by atoms with van der Waals surface area (Å²) in [5.41, 5.74) is 8.91. The van der Waals surface area contributed by atoms with E-state index in [0.717, 1.165) is 0 Å². The van der Waals surface area contributed by atoms with Crippen LogP contribution >= 0.6 is 0 Å². The normalized spacial score (nSPS) is 27.3. The van der Waals surface area contributed by atoms with Crippen LogP contribution in [0.4, 0.5) is 0 Å². The fourth-order valence-electron chi connectivity index (χ4n) is 5.52. The van der Waals surface area contributed by atoms with E-state index >= 15 is 0 Å². The second-order valence-corrected chi connectivity index (χ2v) is 10.2. The number of benzene rings is 1. The molecular weight excluding hydrogens is 428 g/mol. The van der Waals surface area contributed by atoms with Gasteiger partial charge in [0.1, 0.15) is 22.8 Å². The van der Waals surface area contributed by atoms with Crippen molar-refractivity contribution >= 4 is 17.5 Å². The quantitative estimate of drug-likeness (QED) is 0.360. The Morgan fingerprint density at radius 3 is 2.36 bits per heavy atom. The van der Waals surface area contributed by atoms with Gasteiger partial charge in [0.15, 0.2) is 11.4 Å². The molecule has 3 atom stereocenters. The molecule has 0 spiro atoms. The Morgan fingerprint density at radius 1 is 1.18 bits per heavy atom. The average Bonchev–Trinajstić information content (AvgIpc) is 2.69. The molecule has 0 heterocycles. The lowest BCUT2D eigenvalue weighted by Gasteiger charge is -2.46. The van der Waals surface area contributed by atoms with Gasteiger partial charge in [-0.1, -0.05) is 20.8 Å². The van der Waals surface area contributed by atoms with E-state index in [4.69, 9.17) is 11.5 Å². The first-order chi connectivity index (χ1) is 15.2. The highest BCUT2D eigenvalue weighted by atomic mass is 16.3. The van der Waals surface area contributed by atoms with Crippen molar-refractivity contribution in [2.45, 2.75) is 57.6 Å². The summed E-state index contributed by atoms with van der Waals surface area (Å²) in [6.07, 6.45) is 0.0843. The van der Waals surface area contributed by atoms with Gasteiger partial charge in [-0.3, -0.25) is 14.4 Å². The lowest BCUT2D eigenvalue weighted by atomic mass is 9.60. The molecule has 8 N–H and O–H groups in total. The highest BCUT2D eigenvalue weighted by Gasteiger charge is 2.59. The summed E-state index contributed by atoms with van der Waals surface area (Å²) in [5.74, 6) is -6.32. The molecule has 4 rings (SSSR count). The fraction of sp³-hybridized carbons (Fsp3) is 0.458. The van der Waals surface area contributed by atoms with E-state index in [1.165, 1.54) is 0 Å². The molecule has 1 aromatic carbocycles. The first-order valence-corrected chi connectivity index (χ1v) is 10.8. The third-order valence-electron chi connectivity index (χ3n) is 7.18. The number of rotatable bonds is 2. The minimum Gasteiger partial charge on any atom is -0.511 e. The number of nitrogens with two attached hydrogens (primary N) is 2. The Hall–Kier alpha value is -3.17. The van der Waals surface area contributed by atoms with E-state index in [2.05, 4.69) is 0 Å². The number of carbonyl (C=O) groups excluding carboxylic acids is 3. The molecule has 1 amide bonds. The molecule has 33 heavy (non-hydrogen) atoms. The number of Topliss-reactive ketones (excluding diaryl/α,β-unsaturated/α-hetero) is 2. The van der Waals surface area contributed by atoms with Crippen LogP contribution < -0.4 is 11.5 Å². The number of allylic oxidation sites excluding steroid dienone is 2. The minimum atomic E-state index is -2.57. The molecule has 176 valence electrons. The number of fused-ring (bicyclic) bond motifs is 3. The molecule has 0 unspecified atom stereocenters. The van der Waals surface area contributed by atoms with E-state index in [0.29, 0.717) is 16.7 Å². The van der Waals surface area contributed by atoms with Gasteiger partial charge >= 0.3 is 0 Å². The summed E-state index contributed by atoms with van der Waals surface area (Å²) in [4.78, 5) is 38.3. The van der Waals surface area contributed by atoms with Crippen LogP contribution in [-0.4, -0.2) is 43.5 Å². The van der Waals surface area contributed by atoms with Gasteiger partial charge in [-0.05, 0) is 41.4 Å². The summed E-state index contributed by atoms with van der Waals surface area (Å²) >= 11 is 0. The Labute approximate surface area is 190 Å². The van der Waals surface area contributed by atoms with Crippen molar-refractivity contribution in [3.8, 4) is 5.75 Å². The molecule has 1 aromatic rings. The molecule has 0 aliphatic heterocycles. The van der Waals surface area contributed by atoms with E-state index in [1.807, 2.05) is 20.8 Å². The number of amides is 1. The zero-order valence-corrected chi connectivity index (χ0v) is 18.7. The Balaban J connectivity index is 1.95. The number of hydrogen-bond acceptors (Lipinski definition) is 8. The first kappa shape index (κ1) is 23.0. The van der Waals surface area contributed by atoms with E-state index in [1.54, 1.807) is 6.07 Å². The van der Waals surface area contributed by atoms with Gasteiger partial charge in [0.25, 0.3) is 5.91 Å². The topological polar surface area (TPSA) is 184 Å². The van der Waals surface area contributed by atoms with Crippen LogP contribution in [0.2, 0.25) is 0 Å². The van der Waals surface area contributed by atoms with Crippen LogP contribution in [0.15, 0.2) is 28.7 Å². The predicted molar refractivity (Wildman–Crippen MR) is 117 cm³/mol. The van der Waals surface area contributed by atoms with Crippen LogP contribution in [0, 0.1) is 11.8 Å². The lowest BCUT2D eigenvalue weighted by molar-refractivity contribution is -0.144. The Bertz CT molecular complexity index is 1190. The van der Waals surface area contributed by atoms with Gasteiger partial charge in [-0.15, -0.1) is 0 Å². The predicted octanol–water partition coefficient (Wildman–Crippen LogP) is 1.34. The second-order valence-electron chi connectivity index (χ2n) is 10.2. The number of hydrogen-bond donors (Lipinski definition) is 6. The van der Waals surface area contributed by atoms with E-state index < -0.39 is 57.4 Å². The molecule has 0 bridgehead atoms. The summed E-state index contributed by atoms with van der Waals surface area (Å²) in [7, 11) is 0. The van der Waals surface area contributed by atoms with Crippen molar-refractivity contribution in [2.24, 2.45) is 23.3 Å². The maximum atomic E-state index is 13.6. The van der Waals surface area contributed by atoms with Gasteiger partial charge in [-0.2, -0.15) is 0 Å². The molecular formula is C24H28N2O7. The maximum Gasteiger partial charge on any atom is 0.255 e. The van der Waals surface area contributed by atoms with Gasteiger partial charge < -0.3 is 31.9 Å². The third kappa shape index (κ3) is 3.02. The Kier molecular flexibility index (Phi) is 4.99. The number of aliphatic hydroxyl groups is 3. The molecule has 0 saturated heterocycles. The zero-order chi connectivity index (χ0) is 24.6. The zero-order valence-electron chi connectivity index (χ0n) is 18.7. The fourth-order valence-corrected chi connectivity index (χ4v) is 5.52. The van der Waals surface area contributed by atoms with Crippen LogP contribution in [0.3, 0.4) is 0 Å². The standard InChI is InChI=1S/C24H28N2O7/c1-23(2,3)13-6-10(8-25)12-5-9-4-11-7-14(27)17(22(26)32)21(31)24(11,33)20(30)15(9)19(29)16(12)18(13)28/h6,9,11,27-28,30,33H,4-5,7-8,25H2,1-3H3,(H2,26,32)/t9-,11+,24+/m1/s1. The number of aliphatic hydroxyl groups excluding tert-OH is 2. The lowest BCUT2D eigenvalue weighted by Crippen LogP contribution is -2.57. The number of aromatic hydroxyl groups is 1. The third-order valence-corrected chi connectivity index (χ3v) is 7.18. The largest absolute Gasteiger partial charge is 0.511 e. The Morgan fingerprint density at radius 2 is 1.82 bits per heavy atom.